The molecule has 11 aromatic carbocycles. The van der Waals surface area contributed by atoms with Gasteiger partial charge in [0.25, 0.3) is 0 Å². The van der Waals surface area contributed by atoms with Crippen LogP contribution in [0.2, 0.25) is 0 Å². The maximum absolute atomic E-state index is 7.51. The molecule has 0 saturated carbocycles. The van der Waals surface area contributed by atoms with Gasteiger partial charge in [-0.2, -0.15) is 0 Å². The number of fused-ring (bicyclic) bond motifs is 4. The first-order valence-electron chi connectivity index (χ1n) is 22.2. The van der Waals surface area contributed by atoms with E-state index in [0.29, 0.717) is 11.4 Å². The van der Waals surface area contributed by atoms with Crippen LogP contribution in [0.15, 0.2) is 243 Å². The van der Waals surface area contributed by atoms with E-state index in [1.165, 1.54) is 31.8 Å². The summed E-state index contributed by atoms with van der Waals surface area (Å²) in [5.41, 5.74) is 2.82. The number of rotatable bonds is 6. The van der Waals surface area contributed by atoms with E-state index in [-0.39, 0.29) is 44.8 Å². The molecule has 0 aliphatic rings. The third-order valence-electron chi connectivity index (χ3n) is 12.0. The molecule has 6 heteroatoms. The Bertz CT molecular complexity index is 3160. The van der Waals surface area contributed by atoms with Crippen molar-refractivity contribution < 1.29 is 44.8 Å². The summed E-state index contributed by atoms with van der Waals surface area (Å²) in [6.45, 7) is 14.8. The minimum atomic E-state index is -1.14. The third kappa shape index (κ3) is 10.6. The van der Waals surface area contributed by atoms with Crippen LogP contribution in [0.4, 0.5) is 11.4 Å². The zero-order valence-electron chi connectivity index (χ0n) is 37.6. The van der Waals surface area contributed by atoms with Gasteiger partial charge in [-0.15, -0.1) is 11.1 Å². The fourth-order valence-corrected chi connectivity index (χ4v) is 15.0. The van der Waals surface area contributed by atoms with E-state index in [0.717, 1.165) is 54.2 Å². The van der Waals surface area contributed by atoms with Crippen LogP contribution in [0.1, 0.15) is 11.1 Å². The number of hydrogen-bond acceptors (Lipinski definition) is 0. The molecule has 0 aliphatic heterocycles. The molecule has 0 saturated heterocycles. The smallest absolute Gasteiger partial charge is 0.366 e. The second kappa shape index (κ2) is 24.5. The molecule has 0 unspecified atom stereocenters. The van der Waals surface area contributed by atoms with Gasteiger partial charge in [-0.05, 0) is 82.2 Å². The molecule has 2 nitrogen and oxygen atoms in total. The second-order valence-corrected chi connectivity index (χ2v) is 20.7. The molecule has 11 rings (SSSR count). The molecule has 0 amide bonds. The number of nitrogens with zero attached hydrogens (tertiary/aromatic N) is 2. The molecule has 0 atom stereocenters. The monoisotopic (exact) mass is 1110 g/mol. The molecule has 0 heterocycles. The summed E-state index contributed by atoms with van der Waals surface area (Å²) >= 11 is 0. The Balaban J connectivity index is 0.000000163. The van der Waals surface area contributed by atoms with Gasteiger partial charge < -0.3 is 12.8 Å². The molecule has 0 aliphatic carbocycles. The standard InChI is InChI=1S/C30H24P2.2C17H8N.2Ag/c1-5-15-25(16-6-1)31(26-17-7-2-8-18-26)29-23-13-14-24-30(29)32(27-19-9-3-10-20-27)28-21-11-4-12-22-28;2*1-3-12-13-8-4-6-10-15(13)17(18-2)16-11-7-5-9-14(12)16;;/h1-24H;2*4-11H;;/q;2*-1;2*+1/p+2. The Labute approximate surface area is 444 Å². The summed E-state index contributed by atoms with van der Waals surface area (Å²) in [6.07, 6.45) is 15.0. The largest absolute Gasteiger partial charge is 1.00 e. The second-order valence-electron chi connectivity index (χ2n) is 15.9. The molecule has 0 bridgehead atoms. The molecule has 11 aromatic rings. The van der Waals surface area contributed by atoms with E-state index in [1.54, 1.807) is 0 Å². The molecule has 0 spiro atoms. The Kier molecular flexibility index (Phi) is 17.7. The minimum Gasteiger partial charge on any atom is -0.366 e. The zero-order chi connectivity index (χ0) is 46.7. The van der Waals surface area contributed by atoms with Gasteiger partial charge in [0.1, 0.15) is 47.7 Å². The fraction of sp³-hybridized carbons (Fsp3) is 0. The van der Waals surface area contributed by atoms with Gasteiger partial charge in [0, 0.05) is 0 Å². The van der Waals surface area contributed by atoms with E-state index in [4.69, 9.17) is 26.0 Å². The van der Waals surface area contributed by atoms with Gasteiger partial charge in [0.05, 0.1) is 13.1 Å². The van der Waals surface area contributed by atoms with Crippen LogP contribution >= 0.6 is 15.8 Å². The molecular formula is C64H42Ag2N2P2+2. The van der Waals surface area contributed by atoms with Gasteiger partial charge in [-0.3, -0.25) is 11.8 Å². The van der Waals surface area contributed by atoms with Crippen LogP contribution in [0.25, 0.3) is 52.8 Å². The number of benzene rings is 11. The summed E-state index contributed by atoms with van der Waals surface area (Å²) < 4.78 is 0. The van der Waals surface area contributed by atoms with Crippen molar-refractivity contribution in [1.29, 1.82) is 0 Å². The topological polar surface area (TPSA) is 8.72 Å². The number of hydrogen-bond donors (Lipinski definition) is 0. The van der Waals surface area contributed by atoms with Crippen molar-refractivity contribution in [3.8, 4) is 11.8 Å². The van der Waals surface area contributed by atoms with E-state index in [1.807, 2.05) is 97.1 Å². The first-order chi connectivity index (χ1) is 33.6. The van der Waals surface area contributed by atoms with Crippen LogP contribution in [-0.2, 0) is 44.8 Å². The normalized spacial score (nSPS) is 10.3. The quantitative estimate of drug-likeness (QED) is 0.0516. The van der Waals surface area contributed by atoms with Crippen LogP contribution in [0.5, 0.6) is 0 Å². The summed E-state index contributed by atoms with van der Waals surface area (Å²) in [7, 11) is -2.28. The predicted octanol–water partition coefficient (Wildman–Crippen LogP) is 13.6. The minimum absolute atomic E-state index is 0. The average molecular weight is 1120 g/mol. The Morgan fingerprint density at radius 1 is 0.271 bits per heavy atom. The van der Waals surface area contributed by atoms with Gasteiger partial charge in [-0.1, -0.05) is 204 Å². The van der Waals surface area contributed by atoms with E-state index in [2.05, 4.69) is 167 Å². The Morgan fingerprint density at radius 2 is 0.471 bits per heavy atom. The Morgan fingerprint density at radius 3 is 0.686 bits per heavy atom. The zero-order valence-corrected chi connectivity index (χ0v) is 42.6. The van der Waals surface area contributed by atoms with Crippen LogP contribution < -0.4 is 31.8 Å². The van der Waals surface area contributed by atoms with E-state index >= 15 is 0 Å². The van der Waals surface area contributed by atoms with E-state index in [9.17, 15) is 0 Å². The van der Waals surface area contributed by atoms with Crippen molar-refractivity contribution >= 4 is 102 Å². The molecule has 0 radical (unpaired) electrons. The maximum atomic E-state index is 7.51. The molecule has 0 N–H and O–H groups in total. The van der Waals surface area contributed by atoms with Crippen molar-refractivity contribution in [2.24, 2.45) is 0 Å². The first-order valence-corrected chi connectivity index (χ1v) is 25.2. The maximum Gasteiger partial charge on any atom is 1.00 e. The Hall–Kier alpha value is -7.10. The SMILES string of the molecule is [Ag+].[Ag+].[C-]#Cc1c2ccccc2c([N+]#[C-])c2ccccc12.[C-]#Cc1c2ccccc2c([N+]#[C-])c2ccccc12.c1ccc([PH+](c2ccccc2)c2ccccc2[PH+](c2ccccc2)c2ccccc2)cc1. The van der Waals surface area contributed by atoms with Crippen LogP contribution in [0, 0.1) is 37.8 Å². The van der Waals surface area contributed by atoms with Crippen molar-refractivity contribution in [2.75, 3.05) is 0 Å². The van der Waals surface area contributed by atoms with Crippen molar-refractivity contribution in [2.45, 2.75) is 0 Å². The van der Waals surface area contributed by atoms with Gasteiger partial charge in [0.15, 0.2) is 11.4 Å². The van der Waals surface area contributed by atoms with Crippen LogP contribution in [0.3, 0.4) is 0 Å². The molecule has 0 fully saturated rings. The van der Waals surface area contributed by atoms with Crippen molar-refractivity contribution in [3.05, 3.63) is 289 Å². The fourth-order valence-electron chi connectivity index (χ4n) is 9.01. The molecule has 338 valence electrons. The van der Waals surface area contributed by atoms with Gasteiger partial charge >= 0.3 is 44.8 Å². The molecular weight excluding hydrogens is 1070 g/mol. The molecule has 0 aromatic heterocycles. The summed E-state index contributed by atoms with van der Waals surface area (Å²) in [5.74, 6) is 5.02. The first kappa shape index (κ1) is 50.8. The molecule has 70 heavy (non-hydrogen) atoms. The summed E-state index contributed by atoms with van der Waals surface area (Å²) in [6, 6.07) is 84.2. The van der Waals surface area contributed by atoms with Crippen molar-refractivity contribution in [1.82, 2.24) is 0 Å². The van der Waals surface area contributed by atoms with Gasteiger partial charge in [-0.25, -0.2) is 9.69 Å². The summed E-state index contributed by atoms with van der Waals surface area (Å²) in [5, 5.41) is 15.9. The average Bonchev–Trinajstić information content (AvgIpc) is 3.41. The van der Waals surface area contributed by atoms with E-state index < -0.39 is 15.8 Å². The predicted molar refractivity (Wildman–Crippen MR) is 295 cm³/mol. The third-order valence-corrected chi connectivity index (χ3v) is 17.8. The van der Waals surface area contributed by atoms with Crippen LogP contribution in [-0.4, -0.2) is 0 Å². The summed E-state index contributed by atoms with van der Waals surface area (Å²) in [4.78, 5) is 7.33. The van der Waals surface area contributed by atoms with Crippen molar-refractivity contribution in [3.63, 3.8) is 0 Å². The van der Waals surface area contributed by atoms with Gasteiger partial charge in [0.2, 0.25) is 0 Å².